The average molecular weight is 232 g/mol. The first-order valence-corrected chi connectivity index (χ1v) is 6.73. The van der Waals surface area contributed by atoms with Crippen LogP contribution < -0.4 is 10.0 Å². The molecule has 88 valence electrons. The maximum atomic E-state index is 11.3. The van der Waals surface area contributed by atoms with Crippen molar-refractivity contribution in [2.75, 3.05) is 18.8 Å². The van der Waals surface area contributed by atoms with Gasteiger partial charge in [0.25, 0.3) is 0 Å². The van der Waals surface area contributed by atoms with Gasteiger partial charge in [0.2, 0.25) is 10.0 Å². The first-order valence-electron chi connectivity index (χ1n) is 5.08. The van der Waals surface area contributed by atoms with E-state index in [1.54, 1.807) is 6.92 Å². The summed E-state index contributed by atoms with van der Waals surface area (Å²) in [6.07, 6.45) is 0.618. The van der Waals surface area contributed by atoms with Gasteiger partial charge in [-0.2, -0.15) is 0 Å². The average Bonchev–Trinajstić information content (AvgIpc) is 2.13. The summed E-state index contributed by atoms with van der Waals surface area (Å²) in [6, 6.07) is 0.395. The SMILES string of the molecule is CC#CCNS(=O)(=O)CCCNC(C)C. The molecule has 0 heterocycles. The number of rotatable bonds is 7. The molecule has 0 spiro atoms. The summed E-state index contributed by atoms with van der Waals surface area (Å²) >= 11 is 0. The van der Waals surface area contributed by atoms with E-state index in [2.05, 4.69) is 21.9 Å². The largest absolute Gasteiger partial charge is 0.314 e. The zero-order chi connectivity index (χ0) is 11.7. The lowest BCUT2D eigenvalue weighted by Crippen LogP contribution is -2.30. The molecule has 2 N–H and O–H groups in total. The molecule has 0 aromatic carbocycles. The molecule has 0 aromatic heterocycles. The Hall–Kier alpha value is -0.570. The van der Waals surface area contributed by atoms with Gasteiger partial charge >= 0.3 is 0 Å². The number of nitrogens with one attached hydrogen (secondary N) is 2. The second-order valence-corrected chi connectivity index (χ2v) is 5.46. The number of hydrogen-bond acceptors (Lipinski definition) is 3. The third-order valence-corrected chi connectivity index (χ3v) is 3.11. The van der Waals surface area contributed by atoms with Crippen LogP contribution in [0.2, 0.25) is 0 Å². The van der Waals surface area contributed by atoms with Gasteiger partial charge in [-0.05, 0) is 19.9 Å². The lowest BCUT2D eigenvalue weighted by Gasteiger charge is -2.07. The molecule has 0 saturated heterocycles. The first-order chi connectivity index (χ1) is 6.98. The van der Waals surface area contributed by atoms with Crippen molar-refractivity contribution in [3.63, 3.8) is 0 Å². The molecule has 0 fully saturated rings. The smallest absolute Gasteiger partial charge is 0.212 e. The van der Waals surface area contributed by atoms with Crippen LogP contribution in [0.15, 0.2) is 0 Å². The van der Waals surface area contributed by atoms with E-state index in [1.165, 1.54) is 0 Å². The van der Waals surface area contributed by atoms with E-state index in [0.717, 1.165) is 6.54 Å². The topological polar surface area (TPSA) is 58.2 Å². The summed E-state index contributed by atoms with van der Waals surface area (Å²) in [6.45, 7) is 6.67. The molecule has 4 nitrogen and oxygen atoms in total. The van der Waals surface area contributed by atoms with E-state index in [0.29, 0.717) is 12.5 Å². The highest BCUT2D eigenvalue weighted by Crippen LogP contribution is 1.89. The summed E-state index contributed by atoms with van der Waals surface area (Å²) < 4.78 is 25.1. The van der Waals surface area contributed by atoms with Gasteiger partial charge in [-0.1, -0.05) is 19.8 Å². The van der Waals surface area contributed by atoms with Crippen LogP contribution in [0.1, 0.15) is 27.2 Å². The van der Waals surface area contributed by atoms with Crippen molar-refractivity contribution < 1.29 is 8.42 Å². The molecule has 0 atom stereocenters. The van der Waals surface area contributed by atoms with Gasteiger partial charge in [0.05, 0.1) is 12.3 Å². The fourth-order valence-electron chi connectivity index (χ4n) is 0.960. The van der Waals surface area contributed by atoms with Crippen molar-refractivity contribution in [3.05, 3.63) is 0 Å². The van der Waals surface area contributed by atoms with Crippen LogP contribution >= 0.6 is 0 Å². The quantitative estimate of drug-likeness (QED) is 0.491. The fourth-order valence-corrected chi connectivity index (χ4v) is 1.92. The molecule has 0 aliphatic carbocycles. The van der Waals surface area contributed by atoms with Crippen LogP contribution in [0.4, 0.5) is 0 Å². The third-order valence-electron chi connectivity index (χ3n) is 1.70. The highest BCUT2D eigenvalue weighted by molar-refractivity contribution is 7.89. The lowest BCUT2D eigenvalue weighted by atomic mass is 10.4. The monoisotopic (exact) mass is 232 g/mol. The first kappa shape index (κ1) is 14.4. The molecule has 0 amide bonds. The van der Waals surface area contributed by atoms with Crippen molar-refractivity contribution in [2.24, 2.45) is 0 Å². The van der Waals surface area contributed by atoms with E-state index in [9.17, 15) is 8.42 Å². The highest BCUT2D eigenvalue weighted by atomic mass is 32.2. The van der Waals surface area contributed by atoms with E-state index < -0.39 is 10.0 Å². The molecular formula is C10H20N2O2S. The van der Waals surface area contributed by atoms with Crippen LogP contribution in [0.25, 0.3) is 0 Å². The Balaban J connectivity index is 3.68. The minimum atomic E-state index is -3.14. The van der Waals surface area contributed by atoms with Gasteiger partial charge in [-0.25, -0.2) is 13.1 Å². The van der Waals surface area contributed by atoms with Gasteiger partial charge in [0.1, 0.15) is 0 Å². The van der Waals surface area contributed by atoms with Crippen molar-refractivity contribution in [1.29, 1.82) is 0 Å². The summed E-state index contributed by atoms with van der Waals surface area (Å²) in [5, 5.41) is 3.17. The minimum Gasteiger partial charge on any atom is -0.314 e. The highest BCUT2D eigenvalue weighted by Gasteiger charge is 2.07. The van der Waals surface area contributed by atoms with E-state index >= 15 is 0 Å². The van der Waals surface area contributed by atoms with Crippen LogP contribution in [0.3, 0.4) is 0 Å². The summed E-state index contributed by atoms with van der Waals surface area (Å²) in [5.41, 5.74) is 0. The Morgan fingerprint density at radius 3 is 2.53 bits per heavy atom. The molecule has 0 aromatic rings. The molecule has 0 bridgehead atoms. The van der Waals surface area contributed by atoms with Crippen molar-refractivity contribution in [3.8, 4) is 11.8 Å². The molecular weight excluding hydrogens is 212 g/mol. The predicted molar refractivity (Wildman–Crippen MR) is 63.0 cm³/mol. The van der Waals surface area contributed by atoms with Crippen LogP contribution in [0.5, 0.6) is 0 Å². The molecule has 15 heavy (non-hydrogen) atoms. The van der Waals surface area contributed by atoms with Crippen LogP contribution in [0, 0.1) is 11.8 Å². The lowest BCUT2D eigenvalue weighted by molar-refractivity contribution is 0.563. The maximum absolute atomic E-state index is 11.3. The second kappa shape index (κ2) is 7.69. The van der Waals surface area contributed by atoms with Gasteiger partial charge in [-0.3, -0.25) is 0 Å². The van der Waals surface area contributed by atoms with Crippen LogP contribution in [-0.2, 0) is 10.0 Å². The van der Waals surface area contributed by atoms with Gasteiger partial charge in [0.15, 0.2) is 0 Å². The van der Waals surface area contributed by atoms with E-state index in [1.807, 2.05) is 13.8 Å². The zero-order valence-electron chi connectivity index (χ0n) is 9.63. The third kappa shape index (κ3) is 9.73. The zero-order valence-corrected chi connectivity index (χ0v) is 10.4. The Kier molecular flexibility index (Phi) is 7.39. The Labute approximate surface area is 92.9 Å². The molecule has 0 aliphatic rings. The fraction of sp³-hybridized carbons (Fsp3) is 0.800. The Morgan fingerprint density at radius 1 is 1.33 bits per heavy atom. The van der Waals surface area contributed by atoms with Crippen molar-refractivity contribution >= 4 is 10.0 Å². The van der Waals surface area contributed by atoms with Crippen molar-refractivity contribution in [2.45, 2.75) is 33.2 Å². The van der Waals surface area contributed by atoms with Gasteiger partial charge < -0.3 is 5.32 Å². The van der Waals surface area contributed by atoms with Crippen LogP contribution in [-0.4, -0.2) is 33.3 Å². The Morgan fingerprint density at radius 2 is 2.00 bits per heavy atom. The summed E-state index contributed by atoms with van der Waals surface area (Å²) in [5.74, 6) is 5.44. The molecule has 0 aliphatic heterocycles. The second-order valence-electron chi connectivity index (χ2n) is 3.53. The minimum absolute atomic E-state index is 0.151. The summed E-state index contributed by atoms with van der Waals surface area (Å²) in [7, 11) is -3.14. The molecule has 0 unspecified atom stereocenters. The standard InChI is InChI=1S/C10H20N2O2S/c1-4-5-8-12-15(13,14)9-6-7-11-10(2)3/h10-12H,6-9H2,1-3H3. The number of sulfonamides is 1. The molecule has 0 saturated carbocycles. The van der Waals surface area contributed by atoms with Crippen molar-refractivity contribution in [1.82, 2.24) is 10.0 Å². The maximum Gasteiger partial charge on any atom is 0.212 e. The molecule has 0 radical (unpaired) electrons. The van der Waals surface area contributed by atoms with E-state index in [4.69, 9.17) is 0 Å². The van der Waals surface area contributed by atoms with Gasteiger partial charge in [0, 0.05) is 6.04 Å². The summed E-state index contributed by atoms with van der Waals surface area (Å²) in [4.78, 5) is 0. The number of hydrogen-bond donors (Lipinski definition) is 2. The Bertz CT molecular complexity index is 312. The molecule has 0 rings (SSSR count). The van der Waals surface area contributed by atoms with Gasteiger partial charge in [-0.15, -0.1) is 5.92 Å². The van der Waals surface area contributed by atoms with E-state index in [-0.39, 0.29) is 12.3 Å². The predicted octanol–water partition coefficient (Wildman–Crippen LogP) is 0.317. The molecule has 5 heteroatoms. The normalized spacial score (nSPS) is 11.2.